The highest BCUT2D eigenvalue weighted by Gasteiger charge is 2.15. The minimum Gasteiger partial charge on any atom is -0.330 e. The van der Waals surface area contributed by atoms with E-state index in [-0.39, 0.29) is 0 Å². The number of rotatable bonds is 1. The van der Waals surface area contributed by atoms with Crippen LogP contribution >= 0.6 is 23.2 Å². The maximum Gasteiger partial charge on any atom is 0.0592 e. The van der Waals surface area contributed by atoms with Crippen LogP contribution in [0.15, 0.2) is 48.5 Å². The molecule has 0 bridgehead atoms. The van der Waals surface area contributed by atoms with E-state index in [1.807, 2.05) is 12.1 Å². The van der Waals surface area contributed by atoms with Gasteiger partial charge in [0.05, 0.1) is 10.0 Å². The summed E-state index contributed by atoms with van der Waals surface area (Å²) in [6.45, 7) is 0.842. The zero-order valence-electron chi connectivity index (χ0n) is 11.4. The predicted molar refractivity (Wildman–Crippen MR) is 87.5 cm³/mol. The highest BCUT2D eigenvalue weighted by atomic mass is 35.5. The predicted octanol–water partition coefficient (Wildman–Crippen LogP) is 4.74. The molecule has 1 aliphatic carbocycles. The van der Waals surface area contributed by atoms with E-state index in [0.29, 0.717) is 10.0 Å². The van der Waals surface area contributed by atoms with Gasteiger partial charge in [0.25, 0.3) is 0 Å². The Morgan fingerprint density at radius 1 is 0.900 bits per heavy atom. The van der Waals surface area contributed by atoms with Gasteiger partial charge in [-0.25, -0.2) is 0 Å². The molecule has 3 rings (SSSR count). The molecule has 0 heterocycles. The molecule has 20 heavy (non-hydrogen) atoms. The fraction of sp³-hybridized carbons (Fsp3) is 0.294. The molecule has 106 valence electrons. The second-order valence-corrected chi connectivity index (χ2v) is 5.84. The Balaban J connectivity index is 0.000000160. The first-order valence-electron chi connectivity index (χ1n) is 6.87. The van der Waals surface area contributed by atoms with Gasteiger partial charge in [0.15, 0.2) is 0 Å². The first kappa shape index (κ1) is 15.4. The summed E-state index contributed by atoms with van der Waals surface area (Å²) in [4.78, 5) is 0. The Morgan fingerprint density at radius 3 is 2.00 bits per heavy atom. The second-order valence-electron chi connectivity index (χ2n) is 5.03. The Hall–Kier alpha value is -1.02. The van der Waals surface area contributed by atoms with Gasteiger partial charge >= 0.3 is 0 Å². The summed E-state index contributed by atoms with van der Waals surface area (Å²) < 4.78 is 0. The lowest BCUT2D eigenvalue weighted by atomic mass is 9.84. The lowest BCUT2D eigenvalue weighted by Crippen LogP contribution is -2.21. The van der Waals surface area contributed by atoms with E-state index in [4.69, 9.17) is 28.9 Å². The van der Waals surface area contributed by atoms with Gasteiger partial charge in [0, 0.05) is 0 Å². The summed E-state index contributed by atoms with van der Waals surface area (Å²) in [7, 11) is 0. The summed E-state index contributed by atoms with van der Waals surface area (Å²) in [5.74, 6) is 0.722. The van der Waals surface area contributed by atoms with Crippen molar-refractivity contribution in [3.05, 3.63) is 69.7 Å². The van der Waals surface area contributed by atoms with E-state index in [1.54, 1.807) is 12.1 Å². The molecule has 1 atom stereocenters. The number of hydrogen-bond donors (Lipinski definition) is 1. The van der Waals surface area contributed by atoms with Crippen LogP contribution in [0, 0.1) is 5.92 Å². The van der Waals surface area contributed by atoms with Crippen LogP contribution < -0.4 is 5.73 Å². The average Bonchev–Trinajstić information content (AvgIpc) is 2.50. The van der Waals surface area contributed by atoms with E-state index >= 15 is 0 Å². The van der Waals surface area contributed by atoms with Crippen molar-refractivity contribution in [3.8, 4) is 0 Å². The van der Waals surface area contributed by atoms with E-state index in [1.165, 1.54) is 30.4 Å². The summed E-state index contributed by atoms with van der Waals surface area (Å²) in [5, 5.41) is 1.21. The SMILES string of the molecule is Clc1ccccc1Cl.NCC1CCc2ccccc2C1. The summed E-state index contributed by atoms with van der Waals surface area (Å²) in [6.07, 6.45) is 3.68. The molecule has 1 aliphatic rings. The van der Waals surface area contributed by atoms with Crippen LogP contribution in [0.1, 0.15) is 17.5 Å². The second kappa shape index (κ2) is 7.68. The Labute approximate surface area is 130 Å². The van der Waals surface area contributed by atoms with Crippen LogP contribution in [0.25, 0.3) is 0 Å². The van der Waals surface area contributed by atoms with Gasteiger partial charge in [0.2, 0.25) is 0 Å². The third-order valence-corrected chi connectivity index (χ3v) is 4.36. The molecule has 0 aliphatic heterocycles. The van der Waals surface area contributed by atoms with Crippen molar-refractivity contribution in [2.24, 2.45) is 11.7 Å². The van der Waals surface area contributed by atoms with E-state index < -0.39 is 0 Å². The number of nitrogens with two attached hydrogens (primary N) is 1. The molecule has 0 radical (unpaired) electrons. The lowest BCUT2D eigenvalue weighted by molar-refractivity contribution is 0.469. The maximum absolute atomic E-state index is 5.66. The Bertz CT molecular complexity index is 533. The third-order valence-electron chi connectivity index (χ3n) is 3.61. The fourth-order valence-corrected chi connectivity index (χ4v) is 2.69. The molecule has 0 saturated heterocycles. The van der Waals surface area contributed by atoms with Gasteiger partial charge in [0.1, 0.15) is 0 Å². The molecule has 1 nitrogen and oxygen atoms in total. The van der Waals surface area contributed by atoms with Gasteiger partial charge in [-0.05, 0) is 55.0 Å². The zero-order chi connectivity index (χ0) is 14.4. The van der Waals surface area contributed by atoms with Gasteiger partial charge < -0.3 is 5.73 Å². The highest BCUT2D eigenvalue weighted by molar-refractivity contribution is 6.41. The molecule has 3 heteroatoms. The standard InChI is InChI=1S/C11H15N.C6H4Cl2/c12-8-9-5-6-10-3-1-2-4-11(10)7-9;7-5-3-1-2-4-6(5)8/h1-4,9H,5-8,12H2;1-4H. The number of aryl methyl sites for hydroxylation is 1. The van der Waals surface area contributed by atoms with Crippen LogP contribution in [0.3, 0.4) is 0 Å². The summed E-state index contributed by atoms with van der Waals surface area (Å²) >= 11 is 11.2. The smallest absolute Gasteiger partial charge is 0.0592 e. The summed E-state index contributed by atoms with van der Waals surface area (Å²) in [6, 6.07) is 15.9. The Morgan fingerprint density at radius 2 is 1.45 bits per heavy atom. The molecular weight excluding hydrogens is 289 g/mol. The first-order chi connectivity index (χ1) is 9.70. The van der Waals surface area contributed by atoms with Crippen molar-refractivity contribution in [2.75, 3.05) is 6.54 Å². The molecule has 0 fully saturated rings. The quantitative estimate of drug-likeness (QED) is 0.809. The van der Waals surface area contributed by atoms with Crippen molar-refractivity contribution >= 4 is 23.2 Å². The fourth-order valence-electron chi connectivity index (χ4n) is 2.41. The molecule has 2 aromatic carbocycles. The molecule has 0 aromatic heterocycles. The minimum atomic E-state index is 0.606. The molecule has 0 amide bonds. The van der Waals surface area contributed by atoms with E-state index in [2.05, 4.69) is 24.3 Å². The largest absolute Gasteiger partial charge is 0.330 e. The van der Waals surface area contributed by atoms with E-state index in [9.17, 15) is 0 Å². The van der Waals surface area contributed by atoms with Crippen molar-refractivity contribution in [3.63, 3.8) is 0 Å². The number of halogens is 2. The highest BCUT2D eigenvalue weighted by Crippen LogP contribution is 2.24. The number of fused-ring (bicyclic) bond motifs is 1. The molecule has 0 spiro atoms. The van der Waals surface area contributed by atoms with Crippen LogP contribution in [0.5, 0.6) is 0 Å². The van der Waals surface area contributed by atoms with Crippen LogP contribution in [0.2, 0.25) is 10.0 Å². The van der Waals surface area contributed by atoms with E-state index in [0.717, 1.165) is 12.5 Å². The maximum atomic E-state index is 5.66. The number of benzene rings is 2. The lowest BCUT2D eigenvalue weighted by Gasteiger charge is -2.22. The topological polar surface area (TPSA) is 26.0 Å². The van der Waals surface area contributed by atoms with Gasteiger partial charge in [-0.15, -0.1) is 0 Å². The van der Waals surface area contributed by atoms with Crippen molar-refractivity contribution in [1.82, 2.24) is 0 Å². The van der Waals surface area contributed by atoms with Gasteiger partial charge in [-0.3, -0.25) is 0 Å². The van der Waals surface area contributed by atoms with Crippen molar-refractivity contribution in [2.45, 2.75) is 19.3 Å². The molecule has 2 N–H and O–H groups in total. The normalized spacial score (nSPS) is 16.9. The van der Waals surface area contributed by atoms with Crippen LogP contribution in [-0.4, -0.2) is 6.54 Å². The molecule has 0 saturated carbocycles. The first-order valence-corrected chi connectivity index (χ1v) is 7.63. The number of hydrogen-bond acceptors (Lipinski definition) is 1. The van der Waals surface area contributed by atoms with Crippen LogP contribution in [-0.2, 0) is 12.8 Å². The zero-order valence-corrected chi connectivity index (χ0v) is 12.9. The average molecular weight is 308 g/mol. The van der Waals surface area contributed by atoms with Gasteiger partial charge in [-0.2, -0.15) is 0 Å². The molecule has 1 unspecified atom stereocenters. The molecule has 2 aromatic rings. The van der Waals surface area contributed by atoms with Crippen LogP contribution in [0.4, 0.5) is 0 Å². The molecular formula is C17H19Cl2N. The minimum absolute atomic E-state index is 0.606. The third kappa shape index (κ3) is 4.24. The van der Waals surface area contributed by atoms with Crippen molar-refractivity contribution in [1.29, 1.82) is 0 Å². The monoisotopic (exact) mass is 307 g/mol. The van der Waals surface area contributed by atoms with Crippen molar-refractivity contribution < 1.29 is 0 Å². The summed E-state index contributed by atoms with van der Waals surface area (Å²) in [5.41, 5.74) is 8.70. The van der Waals surface area contributed by atoms with Gasteiger partial charge in [-0.1, -0.05) is 59.6 Å². The Kier molecular flexibility index (Phi) is 5.90.